The van der Waals surface area contributed by atoms with Gasteiger partial charge in [0.25, 0.3) is 0 Å². The maximum absolute atomic E-state index is 11.5. The summed E-state index contributed by atoms with van der Waals surface area (Å²) in [7, 11) is 1.39. The number of ether oxygens (including phenoxy) is 2. The molecule has 1 aromatic rings. The molecule has 2 atom stereocenters. The molecule has 0 aromatic heterocycles. The normalized spacial score (nSPS) is 21.1. The van der Waals surface area contributed by atoms with E-state index in [4.69, 9.17) is 21.1 Å². The number of carbonyl (C=O) groups excluding carboxylic acids is 1. The Hall–Kier alpha value is -0.970. The molecule has 1 fully saturated rings. The van der Waals surface area contributed by atoms with Crippen LogP contribution in [0, 0.1) is 0 Å². The summed E-state index contributed by atoms with van der Waals surface area (Å²) in [6, 6.07) is 5.57. The molecular formula is C16H23Cl2NO3. The van der Waals surface area contributed by atoms with Crippen LogP contribution in [0.4, 0.5) is 0 Å². The minimum Gasteiger partial charge on any atom is -0.487 e. The maximum atomic E-state index is 11.5. The van der Waals surface area contributed by atoms with E-state index >= 15 is 0 Å². The topological polar surface area (TPSA) is 47.6 Å². The van der Waals surface area contributed by atoms with Gasteiger partial charge in [0, 0.05) is 13.0 Å². The number of esters is 1. The van der Waals surface area contributed by atoms with Crippen molar-refractivity contribution in [2.75, 3.05) is 13.7 Å². The van der Waals surface area contributed by atoms with E-state index in [1.54, 1.807) is 0 Å². The molecule has 22 heavy (non-hydrogen) atoms. The average molecular weight is 348 g/mol. The molecule has 0 saturated carbocycles. The number of rotatable bonds is 3. The van der Waals surface area contributed by atoms with Gasteiger partial charge >= 0.3 is 5.97 Å². The number of carbonyl (C=O) groups is 1. The lowest BCUT2D eigenvalue weighted by molar-refractivity contribution is -0.142. The van der Waals surface area contributed by atoms with Gasteiger partial charge in [0.15, 0.2) is 0 Å². The molecule has 0 unspecified atom stereocenters. The summed E-state index contributed by atoms with van der Waals surface area (Å²) in [6.07, 6.45) is 0.511. The molecule has 0 aliphatic carbocycles. The molecule has 1 saturated heterocycles. The molecule has 1 aliphatic heterocycles. The van der Waals surface area contributed by atoms with E-state index in [-0.39, 0.29) is 35.9 Å². The molecule has 2 rings (SSSR count). The van der Waals surface area contributed by atoms with Crippen LogP contribution in [0.25, 0.3) is 0 Å². The maximum Gasteiger partial charge on any atom is 0.323 e. The van der Waals surface area contributed by atoms with Crippen molar-refractivity contribution < 1.29 is 14.3 Å². The molecule has 1 aliphatic rings. The molecule has 4 nitrogen and oxygen atoms in total. The lowest BCUT2D eigenvalue weighted by atomic mass is 9.87. The van der Waals surface area contributed by atoms with Crippen molar-refractivity contribution in [3.8, 4) is 5.75 Å². The van der Waals surface area contributed by atoms with Crippen LogP contribution in [0.3, 0.4) is 0 Å². The molecule has 0 amide bonds. The van der Waals surface area contributed by atoms with Gasteiger partial charge < -0.3 is 14.8 Å². The molecular weight excluding hydrogens is 325 g/mol. The van der Waals surface area contributed by atoms with E-state index in [1.807, 2.05) is 18.2 Å². The van der Waals surface area contributed by atoms with Crippen molar-refractivity contribution in [1.82, 2.24) is 5.32 Å². The molecule has 1 N–H and O–H groups in total. The van der Waals surface area contributed by atoms with Crippen LogP contribution in [0.1, 0.15) is 32.8 Å². The molecule has 0 spiro atoms. The number of hydrogen-bond acceptors (Lipinski definition) is 4. The van der Waals surface area contributed by atoms with E-state index in [0.717, 1.165) is 5.56 Å². The van der Waals surface area contributed by atoms with Gasteiger partial charge in [-0.1, -0.05) is 38.4 Å². The number of hydrogen-bond donors (Lipinski definition) is 1. The number of nitrogens with one attached hydrogen (secondary N) is 1. The molecule has 1 heterocycles. The van der Waals surface area contributed by atoms with Crippen molar-refractivity contribution >= 4 is 30.0 Å². The second-order valence-corrected chi connectivity index (χ2v) is 6.76. The summed E-state index contributed by atoms with van der Waals surface area (Å²) in [4.78, 5) is 11.5. The molecule has 0 radical (unpaired) electrons. The SMILES string of the molecule is COC(=O)[C@@H]1C[C@@H](Oc2ccc(C(C)(C)C)cc2Cl)CN1.Cl. The third-order valence-electron chi connectivity index (χ3n) is 3.67. The first-order valence-corrected chi connectivity index (χ1v) is 7.47. The average Bonchev–Trinajstić information content (AvgIpc) is 2.87. The Bertz CT molecular complexity index is 529. The first-order valence-electron chi connectivity index (χ1n) is 7.09. The number of halogens is 2. The Labute approximate surface area is 142 Å². The van der Waals surface area contributed by atoms with Gasteiger partial charge in [-0.05, 0) is 23.1 Å². The van der Waals surface area contributed by atoms with Crippen molar-refractivity contribution in [3.63, 3.8) is 0 Å². The fourth-order valence-electron chi connectivity index (χ4n) is 2.36. The van der Waals surface area contributed by atoms with Gasteiger partial charge in [-0.15, -0.1) is 12.4 Å². The zero-order valence-corrected chi connectivity index (χ0v) is 14.9. The third kappa shape index (κ3) is 4.51. The van der Waals surface area contributed by atoms with Crippen LogP contribution in [-0.2, 0) is 14.9 Å². The summed E-state index contributed by atoms with van der Waals surface area (Å²) in [5.74, 6) is 0.400. The van der Waals surface area contributed by atoms with Crippen LogP contribution in [0.15, 0.2) is 18.2 Å². The Morgan fingerprint density at radius 2 is 2.05 bits per heavy atom. The summed E-state index contributed by atoms with van der Waals surface area (Å²) < 4.78 is 10.6. The predicted octanol–water partition coefficient (Wildman–Crippen LogP) is 3.34. The highest BCUT2D eigenvalue weighted by atomic mass is 35.5. The van der Waals surface area contributed by atoms with Gasteiger partial charge in [0.2, 0.25) is 0 Å². The Morgan fingerprint density at radius 3 is 2.59 bits per heavy atom. The van der Waals surface area contributed by atoms with Gasteiger partial charge in [0.05, 0.1) is 12.1 Å². The van der Waals surface area contributed by atoms with Crippen LogP contribution >= 0.6 is 24.0 Å². The number of benzene rings is 1. The molecule has 0 bridgehead atoms. The predicted molar refractivity (Wildman–Crippen MR) is 90.2 cm³/mol. The van der Waals surface area contributed by atoms with Crippen LogP contribution < -0.4 is 10.1 Å². The largest absolute Gasteiger partial charge is 0.487 e. The van der Waals surface area contributed by atoms with Gasteiger partial charge in [-0.2, -0.15) is 0 Å². The monoisotopic (exact) mass is 347 g/mol. The van der Waals surface area contributed by atoms with Crippen molar-refractivity contribution in [2.24, 2.45) is 0 Å². The van der Waals surface area contributed by atoms with E-state index in [1.165, 1.54) is 7.11 Å². The highest BCUT2D eigenvalue weighted by molar-refractivity contribution is 6.32. The minimum atomic E-state index is -0.298. The Morgan fingerprint density at radius 1 is 1.36 bits per heavy atom. The second-order valence-electron chi connectivity index (χ2n) is 6.35. The van der Waals surface area contributed by atoms with Gasteiger partial charge in [-0.25, -0.2) is 0 Å². The summed E-state index contributed by atoms with van der Waals surface area (Å²) >= 11 is 6.30. The highest BCUT2D eigenvalue weighted by Crippen LogP contribution is 2.32. The van der Waals surface area contributed by atoms with Crippen LogP contribution in [0.5, 0.6) is 5.75 Å². The molecule has 6 heteroatoms. The lowest BCUT2D eigenvalue weighted by Crippen LogP contribution is -2.31. The zero-order chi connectivity index (χ0) is 15.6. The van der Waals surface area contributed by atoms with Crippen LogP contribution in [0.2, 0.25) is 5.02 Å². The molecule has 124 valence electrons. The highest BCUT2D eigenvalue weighted by Gasteiger charge is 2.31. The molecule has 1 aromatic carbocycles. The van der Waals surface area contributed by atoms with E-state index < -0.39 is 0 Å². The standard InChI is InChI=1S/C16H22ClNO3.ClH/c1-16(2,3)10-5-6-14(12(17)7-10)21-11-8-13(18-9-11)15(19)20-4;/h5-7,11,13,18H,8-9H2,1-4H3;1H/t11-,13+;/m1./s1. The smallest absolute Gasteiger partial charge is 0.323 e. The summed E-state index contributed by atoms with van der Waals surface area (Å²) in [5, 5.41) is 3.69. The fourth-order valence-corrected chi connectivity index (χ4v) is 2.58. The second kappa shape index (κ2) is 7.53. The van der Waals surface area contributed by atoms with Crippen molar-refractivity contribution in [1.29, 1.82) is 0 Å². The Kier molecular flexibility index (Phi) is 6.53. The van der Waals surface area contributed by atoms with Gasteiger partial charge in [0.1, 0.15) is 17.9 Å². The zero-order valence-electron chi connectivity index (χ0n) is 13.3. The van der Waals surface area contributed by atoms with Crippen molar-refractivity contribution in [3.05, 3.63) is 28.8 Å². The van der Waals surface area contributed by atoms with Crippen molar-refractivity contribution in [2.45, 2.75) is 44.8 Å². The van der Waals surface area contributed by atoms with E-state index in [9.17, 15) is 4.79 Å². The van der Waals surface area contributed by atoms with Gasteiger partial charge in [-0.3, -0.25) is 4.79 Å². The fraction of sp³-hybridized carbons (Fsp3) is 0.562. The third-order valence-corrected chi connectivity index (χ3v) is 3.96. The van der Waals surface area contributed by atoms with Crippen LogP contribution in [-0.4, -0.2) is 31.8 Å². The van der Waals surface area contributed by atoms with E-state index in [2.05, 4.69) is 26.1 Å². The van der Waals surface area contributed by atoms with E-state index in [0.29, 0.717) is 23.7 Å². The summed E-state index contributed by atoms with van der Waals surface area (Å²) in [6.45, 7) is 7.03. The Balaban J connectivity index is 0.00000242. The lowest BCUT2D eigenvalue weighted by Gasteiger charge is -2.21. The first-order chi connectivity index (χ1) is 9.81. The summed E-state index contributed by atoms with van der Waals surface area (Å²) in [5.41, 5.74) is 1.21. The number of methoxy groups -OCH3 is 1. The first kappa shape index (κ1) is 19.1. The minimum absolute atomic E-state index is 0. The quantitative estimate of drug-likeness (QED) is 0.851.